The van der Waals surface area contributed by atoms with Gasteiger partial charge in [0, 0.05) is 39.2 Å². The lowest BCUT2D eigenvalue weighted by atomic mass is 9.46. The molecule has 12 rings (SSSR count). The second-order valence-corrected chi connectivity index (χ2v) is 29.3. The van der Waals surface area contributed by atoms with Gasteiger partial charge in [-0.25, -0.2) is 4.79 Å². The third kappa shape index (κ3) is 13.1. The van der Waals surface area contributed by atoms with E-state index in [1.165, 1.54) is 6.07 Å². The van der Waals surface area contributed by atoms with Crippen LogP contribution in [0.2, 0.25) is 0 Å². The molecule has 17 atom stereocenters. The van der Waals surface area contributed by atoms with Crippen molar-refractivity contribution in [1.82, 2.24) is 0 Å². The number of ether oxygens (including phenoxy) is 2. The summed E-state index contributed by atoms with van der Waals surface area (Å²) in [6.07, 6.45) is 11.5. The Kier molecular flexibility index (Phi) is 19.6. The van der Waals surface area contributed by atoms with Gasteiger partial charge in [0.1, 0.15) is 36.6 Å². The Morgan fingerprint density at radius 3 is 1.76 bits per heavy atom. The molecule has 0 heterocycles. The van der Waals surface area contributed by atoms with Crippen molar-refractivity contribution in [2.75, 3.05) is 24.3 Å². The zero-order valence-corrected chi connectivity index (χ0v) is 54.4. The van der Waals surface area contributed by atoms with Crippen LogP contribution in [0.15, 0.2) is 133 Å². The van der Waals surface area contributed by atoms with Gasteiger partial charge < -0.3 is 61.2 Å². The first-order valence-electron chi connectivity index (χ1n) is 32.6. The number of aromatic hydroxyl groups is 2. The number of nitrogens with two attached hydrogens (primary N) is 1. The molecule has 8 aliphatic carbocycles. The number of allylic oxidation sites excluding steroid dienone is 8. The number of ketones is 4. The molecule has 0 spiro atoms. The number of aliphatic hydroxyl groups excluding tert-OH is 6. The Morgan fingerprint density at radius 2 is 1.22 bits per heavy atom. The molecule has 0 aliphatic heterocycles. The van der Waals surface area contributed by atoms with Crippen LogP contribution in [-0.2, 0) is 41.5 Å². The van der Waals surface area contributed by atoms with Gasteiger partial charge in [-0.1, -0.05) is 112 Å². The third-order valence-electron chi connectivity index (χ3n) is 22.6. The first-order valence-corrected chi connectivity index (χ1v) is 32.6. The second kappa shape index (κ2) is 26.6. The normalized spacial score (nSPS) is 33.7. The lowest BCUT2D eigenvalue weighted by molar-refractivity contribution is -0.190. The summed E-state index contributed by atoms with van der Waals surface area (Å²) in [7, 11) is 0. The predicted octanol–water partition coefficient (Wildman–Crippen LogP) is 8.68. The number of aliphatic hydroxyl groups is 7. The number of phenols is 2. The maximum Gasteiger partial charge on any atom is 0.412 e. The van der Waals surface area contributed by atoms with E-state index in [2.05, 4.69) is 12.2 Å². The molecule has 502 valence electrons. The Bertz CT molecular complexity index is 3700. The van der Waals surface area contributed by atoms with Crippen LogP contribution < -0.4 is 11.1 Å². The molecular formula is C75H90N2O17. The second-order valence-electron chi connectivity index (χ2n) is 29.3. The molecule has 94 heavy (non-hydrogen) atoms. The molecule has 4 aromatic rings. The Morgan fingerprint density at radius 1 is 0.702 bits per heavy atom. The first kappa shape index (κ1) is 69.4. The minimum atomic E-state index is -2.05. The van der Waals surface area contributed by atoms with Crippen molar-refractivity contribution in [3.05, 3.63) is 166 Å². The number of benzene rings is 4. The van der Waals surface area contributed by atoms with Crippen molar-refractivity contribution in [3.63, 3.8) is 0 Å². The van der Waals surface area contributed by atoms with E-state index in [1.807, 2.05) is 56.3 Å². The topological polar surface area (TPSA) is 341 Å². The maximum absolute atomic E-state index is 13.3. The van der Waals surface area contributed by atoms with Gasteiger partial charge >= 0.3 is 6.09 Å². The van der Waals surface area contributed by atoms with Gasteiger partial charge in [0.25, 0.3) is 0 Å². The fourth-order valence-corrected chi connectivity index (χ4v) is 18.2. The van der Waals surface area contributed by atoms with Gasteiger partial charge in [-0.2, -0.15) is 0 Å². The van der Waals surface area contributed by atoms with Crippen molar-refractivity contribution >= 4 is 46.9 Å². The summed E-state index contributed by atoms with van der Waals surface area (Å²) in [5, 5.41) is 97.3. The molecule has 19 nitrogen and oxygen atoms in total. The van der Waals surface area contributed by atoms with Gasteiger partial charge in [0.2, 0.25) is 0 Å². The number of nitrogens with one attached hydrogen (secondary N) is 1. The average molecular weight is 1290 g/mol. The van der Waals surface area contributed by atoms with Gasteiger partial charge in [0.05, 0.1) is 41.7 Å². The van der Waals surface area contributed by atoms with E-state index in [4.69, 9.17) is 15.2 Å². The lowest BCUT2D eigenvalue weighted by Gasteiger charge is -2.59. The summed E-state index contributed by atoms with van der Waals surface area (Å²) in [6, 6.07) is 24.8. The van der Waals surface area contributed by atoms with Crippen LogP contribution in [0, 0.1) is 63.1 Å². The van der Waals surface area contributed by atoms with Gasteiger partial charge in [0.15, 0.2) is 35.0 Å². The van der Waals surface area contributed by atoms with Crippen LogP contribution >= 0.6 is 0 Å². The standard InChI is InChI=1S/C35H41NO7.C21H28O6.C19H21NO4/c1-34-12-11-23(38)15-22(34)8-9-24-25-16-30(32(29(41)18-37)35(25,2)17-28(40)31(24)34)43-33(42)21-6-3-19(4-7-21)13-20-5-10-27(39)26(36)14-20;1-19-6-5-12(23)7-11(19)3-4-13-14-8-16(25)21(27,17(26)10-22)20(14,2)9-15(24)18(13)19;1-19(2,3)24-18(23)20-16-11-15(8-9-17(16)22)10-13-4-6-14(12-21)7-5-13/h3-7,10-12,14-15,24-25,28,30-33,37,39-40,42H,8-9,13,16-18,36H2,1-2H3;5-7,13-16,18,22,24-25,27H,3-4,8-10H2,1-2H3;4-9,11-12,22H,10H2,1-3H3,(H,20,23)/t24-,25-,28-,30+,31+,32-,33-,34-,35-;13-,14-,15-,16+,18+,19-,20-,21-;/m00./s1. The summed E-state index contributed by atoms with van der Waals surface area (Å²) >= 11 is 0. The fraction of sp³-hybridized carbons (Fsp3) is 0.493. The molecule has 8 aliphatic rings. The number of anilines is 2. The molecule has 0 radical (unpaired) electrons. The quantitative estimate of drug-likeness (QED) is 0.0258. The zero-order chi connectivity index (χ0) is 68.2. The summed E-state index contributed by atoms with van der Waals surface area (Å²) in [6.45, 7) is 11.8. The zero-order valence-electron chi connectivity index (χ0n) is 54.4. The van der Waals surface area contributed by atoms with Crippen LogP contribution in [-0.4, -0.2) is 130 Å². The number of carbonyl (C=O) groups excluding carboxylic acids is 6. The number of phenolic OH excluding ortho intramolecular Hbond substituents is 2. The number of fused-ring (bicyclic) bond motifs is 10. The minimum Gasteiger partial charge on any atom is -0.506 e. The van der Waals surface area contributed by atoms with E-state index in [9.17, 15) is 74.7 Å². The lowest BCUT2D eigenvalue weighted by Crippen LogP contribution is -2.63. The number of rotatable bonds is 13. The summed E-state index contributed by atoms with van der Waals surface area (Å²) in [4.78, 5) is 72.2. The highest BCUT2D eigenvalue weighted by Crippen LogP contribution is 2.69. The summed E-state index contributed by atoms with van der Waals surface area (Å²) in [5.74, 6) is -2.04. The number of nitrogen functional groups attached to an aromatic ring is 1. The molecule has 0 saturated heterocycles. The number of aldehydes is 1. The highest BCUT2D eigenvalue weighted by Gasteiger charge is 2.72. The Balaban J connectivity index is 0.000000163. The fourth-order valence-electron chi connectivity index (χ4n) is 18.2. The van der Waals surface area contributed by atoms with E-state index in [0.717, 1.165) is 65.4 Å². The molecule has 0 aromatic heterocycles. The van der Waals surface area contributed by atoms with Gasteiger partial charge in [-0.05, 0) is 185 Å². The molecule has 1 amide bonds. The van der Waals surface area contributed by atoms with Crippen molar-refractivity contribution in [1.29, 1.82) is 0 Å². The largest absolute Gasteiger partial charge is 0.506 e. The predicted molar refractivity (Wildman–Crippen MR) is 350 cm³/mol. The molecule has 4 aromatic carbocycles. The molecular weight excluding hydrogens is 1200 g/mol. The molecule has 0 bridgehead atoms. The molecule has 0 unspecified atom stereocenters. The van der Waals surface area contributed by atoms with Crippen molar-refractivity contribution < 1.29 is 84.2 Å². The first-order chi connectivity index (χ1) is 44.3. The van der Waals surface area contributed by atoms with Crippen LogP contribution in [0.4, 0.5) is 16.2 Å². The van der Waals surface area contributed by atoms with Crippen molar-refractivity contribution in [2.24, 2.45) is 63.1 Å². The molecule has 6 saturated carbocycles. The van der Waals surface area contributed by atoms with E-state index in [0.29, 0.717) is 48.2 Å². The maximum atomic E-state index is 13.3. The smallest absolute Gasteiger partial charge is 0.412 e. The number of Topliss-reactive ketones (excluding diaryl/α,β-unsaturated/α-hetero) is 2. The Labute approximate surface area is 548 Å². The monoisotopic (exact) mass is 1290 g/mol. The van der Waals surface area contributed by atoms with Crippen molar-refractivity contribution in [3.8, 4) is 11.5 Å². The molecule has 12 N–H and O–H groups in total. The summed E-state index contributed by atoms with van der Waals surface area (Å²) < 4.78 is 11.5. The highest BCUT2D eigenvalue weighted by molar-refractivity contribution is 6.02. The van der Waals surface area contributed by atoms with Crippen LogP contribution in [0.25, 0.3) is 0 Å². The number of hydrogen-bond donors (Lipinski definition) is 11. The van der Waals surface area contributed by atoms with Crippen LogP contribution in [0.3, 0.4) is 0 Å². The average Bonchev–Trinajstić information content (AvgIpc) is 1.45. The van der Waals surface area contributed by atoms with Crippen LogP contribution in [0.5, 0.6) is 11.5 Å². The molecule has 19 heteroatoms. The number of carbonyl (C=O) groups is 6. The van der Waals surface area contributed by atoms with Crippen LogP contribution in [0.1, 0.15) is 144 Å². The minimum absolute atomic E-state index is 0.00826. The van der Waals surface area contributed by atoms with Gasteiger partial charge in [-0.3, -0.25) is 29.3 Å². The van der Waals surface area contributed by atoms with E-state index in [-0.39, 0.29) is 77.2 Å². The van der Waals surface area contributed by atoms with Crippen molar-refractivity contribution in [2.45, 2.75) is 155 Å². The third-order valence-corrected chi connectivity index (χ3v) is 22.6. The van der Waals surface area contributed by atoms with E-state index >= 15 is 0 Å². The number of hydrogen-bond acceptors (Lipinski definition) is 18. The molecule has 6 fully saturated rings. The summed E-state index contributed by atoms with van der Waals surface area (Å²) in [5.41, 5.74) is 8.44. The SMILES string of the molecule is CC(C)(C)OC(=O)Nc1cc(Cc2ccc(C=O)cc2)ccc1O.C[C@]12C=CC(=O)C=C1CC[C@@H]1[C@@H]2[C@@H](O)C[C@@]2(C)[C@H]1C[C@@H](O)[C@]2(O)C(=O)CO.C[C@]12C[C@H](O)[C@H]3[C@@H](CCC4=CC(=O)C=C[C@@]43C)[C@@H]1C[C@@H](O[C@H](O)c1ccc(Cc3ccc(O)c(N)c3)cc1)[C@@H]2C(=O)CO. The van der Waals surface area contributed by atoms with E-state index in [1.54, 1.807) is 101 Å². The number of amides is 1. The highest BCUT2D eigenvalue weighted by atomic mass is 16.6. The van der Waals surface area contributed by atoms with E-state index < -0.39 is 94.6 Å². The van der Waals surface area contributed by atoms with Gasteiger partial charge in [-0.15, -0.1) is 0 Å². The Hall–Kier alpha value is -7.46.